The Hall–Kier alpha value is -3.92. The van der Waals surface area contributed by atoms with Crippen LogP contribution in [0.5, 0.6) is 5.75 Å². The van der Waals surface area contributed by atoms with Crippen LogP contribution in [-0.4, -0.2) is 95.7 Å². The molecule has 2 fully saturated rings. The molecule has 2 aliphatic rings. The Balaban J connectivity index is 1.35. The van der Waals surface area contributed by atoms with Gasteiger partial charge in [0, 0.05) is 17.5 Å². The van der Waals surface area contributed by atoms with Gasteiger partial charge in [-0.3, -0.25) is 24.0 Å². The number of aromatic nitrogens is 1. The van der Waals surface area contributed by atoms with Gasteiger partial charge in [-0.25, -0.2) is 9.78 Å². The number of anilines is 1. The molecule has 20 heteroatoms. The fourth-order valence-electron chi connectivity index (χ4n) is 4.76. The van der Waals surface area contributed by atoms with E-state index in [1.54, 1.807) is 24.3 Å². The zero-order valence-electron chi connectivity index (χ0n) is 24.9. The lowest BCUT2D eigenvalue weighted by molar-refractivity contribution is -0.227. The number of hydrogen-bond acceptors (Lipinski definition) is 14. The summed E-state index contributed by atoms with van der Waals surface area (Å²) in [5.74, 6) is -3.12. The molecule has 0 saturated carbocycles. The number of piperidine rings is 1. The molecule has 2 amide bonds. The minimum atomic E-state index is -4.94. The molecule has 0 bridgehead atoms. The van der Waals surface area contributed by atoms with E-state index in [-0.39, 0.29) is 23.4 Å². The summed E-state index contributed by atoms with van der Waals surface area (Å²) >= 11 is 1.03. The number of carboxylic acid groups (broad SMARTS) is 1. The quantitative estimate of drug-likeness (QED) is 0.0404. The number of benzene rings is 1. The molecule has 0 spiro atoms. The molecule has 0 aliphatic carbocycles. The SMILES string of the molecule is CC1(C)C(CNC(=O)C(NO[C@@H](COc2ccc(C(N)=NC3CCNCC3)cc2)C(=O)O)c2csc(N)n2)C(=O)N1OS(=O)(=O)O. The lowest BCUT2D eigenvalue weighted by Gasteiger charge is -2.50. The Bertz CT molecular complexity index is 1540. The lowest BCUT2D eigenvalue weighted by atomic mass is 9.78. The summed E-state index contributed by atoms with van der Waals surface area (Å²) in [6.45, 7) is 4.01. The number of amides is 2. The van der Waals surface area contributed by atoms with Crippen molar-refractivity contribution >= 4 is 50.5 Å². The van der Waals surface area contributed by atoms with E-state index in [0.29, 0.717) is 22.2 Å². The van der Waals surface area contributed by atoms with E-state index >= 15 is 0 Å². The molecule has 0 radical (unpaired) electrons. The standard InChI is InChI=1S/C26H36N8O10S2/c1-26(2)17(23(36)34(26)44-46(39,40)41)11-30-22(35)20(18-13-45-25(28)32-18)33-43-19(24(37)38)12-42-16-5-3-14(4-6-16)21(27)31-15-7-9-29-10-8-15/h3-6,13,15,17,19-20,29,33H,7-12H2,1-2H3,(H2,27,31)(H2,28,32)(H,30,35)(H,37,38)(H,39,40,41)/t17?,19-,20?/m0/s1. The molecule has 9 N–H and O–H groups in total. The molecule has 18 nitrogen and oxygen atoms in total. The maximum Gasteiger partial charge on any atom is 0.418 e. The van der Waals surface area contributed by atoms with Crippen LogP contribution < -0.4 is 32.3 Å². The molecule has 1 aromatic heterocycles. The van der Waals surface area contributed by atoms with Crippen LogP contribution in [0.2, 0.25) is 0 Å². The Labute approximate surface area is 268 Å². The number of carbonyl (C=O) groups is 3. The van der Waals surface area contributed by atoms with Crippen LogP contribution in [0, 0.1) is 5.92 Å². The molecule has 252 valence electrons. The van der Waals surface area contributed by atoms with Gasteiger partial charge < -0.3 is 31.9 Å². The van der Waals surface area contributed by atoms with Crippen LogP contribution in [0.25, 0.3) is 0 Å². The van der Waals surface area contributed by atoms with Crippen LogP contribution >= 0.6 is 11.3 Å². The molecular formula is C26H36N8O10S2. The van der Waals surface area contributed by atoms with Crippen LogP contribution in [0.1, 0.15) is 44.0 Å². The van der Waals surface area contributed by atoms with E-state index in [1.807, 2.05) is 0 Å². The van der Waals surface area contributed by atoms with Crippen molar-refractivity contribution in [2.75, 3.05) is 32.0 Å². The summed E-state index contributed by atoms with van der Waals surface area (Å²) in [7, 11) is -4.94. The minimum absolute atomic E-state index is 0.111. The van der Waals surface area contributed by atoms with E-state index in [2.05, 4.69) is 30.4 Å². The Kier molecular flexibility index (Phi) is 11.1. The Morgan fingerprint density at radius 1 is 1.26 bits per heavy atom. The van der Waals surface area contributed by atoms with E-state index in [9.17, 15) is 27.9 Å². The predicted octanol–water partition coefficient (Wildman–Crippen LogP) is -0.635. The Morgan fingerprint density at radius 3 is 2.50 bits per heavy atom. The van der Waals surface area contributed by atoms with Gasteiger partial charge >= 0.3 is 16.4 Å². The second-order valence-electron chi connectivity index (χ2n) is 11.0. The summed E-state index contributed by atoms with van der Waals surface area (Å²) in [5, 5.41) is 17.6. The zero-order chi connectivity index (χ0) is 33.6. The van der Waals surface area contributed by atoms with Crippen molar-refractivity contribution in [2.45, 2.75) is 50.4 Å². The van der Waals surface area contributed by atoms with E-state index in [4.69, 9.17) is 25.6 Å². The highest BCUT2D eigenvalue weighted by Gasteiger charge is 2.57. The van der Waals surface area contributed by atoms with Crippen molar-refractivity contribution in [3.8, 4) is 5.75 Å². The summed E-state index contributed by atoms with van der Waals surface area (Å²) < 4.78 is 41.0. The number of carbonyl (C=O) groups excluding carboxylic acids is 2. The summed E-state index contributed by atoms with van der Waals surface area (Å²) in [4.78, 5) is 51.6. The number of nitrogens with two attached hydrogens (primary N) is 2. The summed E-state index contributed by atoms with van der Waals surface area (Å²) in [5.41, 5.74) is 13.9. The molecule has 2 aromatic rings. The normalized spacial score (nSPS) is 20.1. The average molecular weight is 685 g/mol. The molecule has 46 heavy (non-hydrogen) atoms. The van der Waals surface area contributed by atoms with Crippen molar-refractivity contribution in [3.05, 3.63) is 40.9 Å². The number of hydroxylamine groups is 3. The third kappa shape index (κ3) is 8.87. The molecule has 2 unspecified atom stereocenters. The largest absolute Gasteiger partial charge is 0.490 e. The number of ether oxygens (including phenoxy) is 1. The zero-order valence-corrected chi connectivity index (χ0v) is 26.5. The van der Waals surface area contributed by atoms with Gasteiger partial charge in [-0.2, -0.15) is 19.0 Å². The van der Waals surface area contributed by atoms with Gasteiger partial charge in [-0.15, -0.1) is 15.6 Å². The number of nitrogen functional groups attached to an aromatic ring is 1. The highest BCUT2D eigenvalue weighted by Crippen LogP contribution is 2.38. The molecule has 3 heterocycles. The number of aliphatic imine (C=N–C) groups is 1. The first-order chi connectivity index (χ1) is 21.7. The average Bonchev–Trinajstić information content (AvgIpc) is 3.43. The number of aliphatic carboxylic acids is 1. The van der Waals surface area contributed by atoms with Gasteiger partial charge in [0.05, 0.1) is 23.2 Å². The number of nitrogens with one attached hydrogen (secondary N) is 3. The lowest BCUT2D eigenvalue weighted by Crippen LogP contribution is -2.70. The van der Waals surface area contributed by atoms with E-state index in [1.165, 1.54) is 19.2 Å². The second-order valence-corrected chi connectivity index (χ2v) is 12.9. The maximum absolute atomic E-state index is 13.2. The first-order valence-electron chi connectivity index (χ1n) is 14.1. The van der Waals surface area contributed by atoms with Crippen molar-refractivity contribution in [3.63, 3.8) is 0 Å². The minimum Gasteiger partial charge on any atom is -0.490 e. The van der Waals surface area contributed by atoms with Crippen molar-refractivity contribution in [1.29, 1.82) is 0 Å². The van der Waals surface area contributed by atoms with Gasteiger partial charge in [-0.05, 0) is 64.0 Å². The van der Waals surface area contributed by atoms with Gasteiger partial charge in [0.25, 0.3) is 5.91 Å². The third-order valence-electron chi connectivity index (χ3n) is 7.41. The van der Waals surface area contributed by atoms with Crippen molar-refractivity contribution in [1.82, 2.24) is 26.2 Å². The second kappa shape index (κ2) is 14.7. The number of thiazole rings is 1. The highest BCUT2D eigenvalue weighted by atomic mass is 32.3. The van der Waals surface area contributed by atoms with Gasteiger partial charge in [-0.1, -0.05) is 0 Å². The predicted molar refractivity (Wildman–Crippen MR) is 164 cm³/mol. The van der Waals surface area contributed by atoms with E-state index in [0.717, 1.165) is 37.3 Å². The monoisotopic (exact) mass is 684 g/mol. The molecular weight excluding hydrogens is 648 g/mol. The van der Waals surface area contributed by atoms with Crippen molar-refractivity contribution < 1.29 is 46.3 Å². The molecule has 2 aliphatic heterocycles. The third-order valence-corrected chi connectivity index (χ3v) is 8.44. The van der Waals surface area contributed by atoms with Crippen LogP contribution in [0.15, 0.2) is 34.6 Å². The summed E-state index contributed by atoms with van der Waals surface area (Å²) in [6.07, 6.45) is 0.226. The number of carboxylic acids is 1. The number of amidine groups is 1. The van der Waals surface area contributed by atoms with Crippen molar-refractivity contribution in [2.24, 2.45) is 16.6 Å². The Morgan fingerprint density at radius 2 is 1.93 bits per heavy atom. The molecule has 3 atom stereocenters. The van der Waals surface area contributed by atoms with Crippen LogP contribution in [0.3, 0.4) is 0 Å². The molecule has 1 aromatic carbocycles. The number of rotatable bonds is 15. The van der Waals surface area contributed by atoms with Gasteiger partial charge in [0.1, 0.15) is 18.2 Å². The van der Waals surface area contributed by atoms with Crippen LogP contribution in [0.4, 0.5) is 5.13 Å². The molecule has 2 saturated heterocycles. The molecule has 4 rings (SSSR count). The summed E-state index contributed by atoms with van der Waals surface area (Å²) in [6, 6.07) is 5.44. The highest BCUT2D eigenvalue weighted by molar-refractivity contribution is 7.80. The van der Waals surface area contributed by atoms with E-state index < -0.39 is 58.4 Å². The van der Waals surface area contributed by atoms with Crippen LogP contribution in [-0.2, 0) is 33.9 Å². The maximum atomic E-state index is 13.2. The number of nitrogens with zero attached hydrogens (tertiary/aromatic N) is 3. The van der Waals surface area contributed by atoms with Gasteiger partial charge in [0.15, 0.2) is 11.2 Å². The number of hydrogen-bond donors (Lipinski definition) is 7. The van der Waals surface area contributed by atoms with Gasteiger partial charge in [0.2, 0.25) is 12.0 Å². The smallest absolute Gasteiger partial charge is 0.418 e. The fourth-order valence-corrected chi connectivity index (χ4v) is 5.80. The number of β-lactam (4-membered cyclic amide) rings is 1. The topological polar surface area (TPSA) is 270 Å². The first kappa shape index (κ1) is 34.9. The fraction of sp³-hybridized carbons (Fsp3) is 0.500. The first-order valence-corrected chi connectivity index (χ1v) is 16.3.